The molecule has 1 atom stereocenters. The fraction of sp³-hybridized carbons (Fsp3) is 0.778. The molecule has 0 radical (unpaired) electrons. The Morgan fingerprint density at radius 2 is 1.65 bits per heavy atom. The van der Waals surface area contributed by atoms with Gasteiger partial charge in [0.1, 0.15) is 18.0 Å². The van der Waals surface area contributed by atoms with Crippen LogP contribution < -0.4 is 9.80 Å². The second-order valence-electron chi connectivity index (χ2n) is 7.13. The summed E-state index contributed by atoms with van der Waals surface area (Å²) in [5, 5.41) is 0. The van der Waals surface area contributed by atoms with Gasteiger partial charge in [0.2, 0.25) is 0 Å². The third kappa shape index (κ3) is 3.44. The van der Waals surface area contributed by atoms with Crippen molar-refractivity contribution < 1.29 is 0 Å². The minimum atomic E-state index is 0.718. The van der Waals surface area contributed by atoms with Crippen LogP contribution >= 0.6 is 11.8 Å². The van der Waals surface area contributed by atoms with Crippen molar-refractivity contribution in [3.8, 4) is 0 Å². The molecule has 4 nitrogen and oxygen atoms in total. The summed E-state index contributed by atoms with van der Waals surface area (Å²) < 4.78 is 0. The van der Waals surface area contributed by atoms with Crippen molar-refractivity contribution in [1.82, 2.24) is 9.97 Å². The first-order valence-corrected chi connectivity index (χ1v) is 10.5. The fourth-order valence-electron chi connectivity index (χ4n) is 4.55. The van der Waals surface area contributed by atoms with Crippen LogP contribution in [0.2, 0.25) is 0 Å². The molecule has 0 spiro atoms. The van der Waals surface area contributed by atoms with Gasteiger partial charge in [-0.05, 0) is 31.6 Å². The summed E-state index contributed by atoms with van der Waals surface area (Å²) >= 11 is 2.05. The van der Waals surface area contributed by atoms with Crippen molar-refractivity contribution in [1.29, 1.82) is 0 Å². The summed E-state index contributed by atoms with van der Waals surface area (Å²) in [5.74, 6) is 5.61. The minimum Gasteiger partial charge on any atom is -0.355 e. The zero-order chi connectivity index (χ0) is 15.5. The predicted molar refractivity (Wildman–Crippen MR) is 98.5 cm³/mol. The smallest absolute Gasteiger partial charge is 0.134 e. The molecule has 1 aromatic rings. The van der Waals surface area contributed by atoms with Crippen LogP contribution in [0.4, 0.5) is 11.6 Å². The molecule has 0 N–H and O–H groups in total. The van der Waals surface area contributed by atoms with E-state index in [0.717, 1.165) is 30.9 Å². The van der Waals surface area contributed by atoms with Gasteiger partial charge in [0.15, 0.2) is 0 Å². The van der Waals surface area contributed by atoms with E-state index < -0.39 is 0 Å². The number of rotatable bonds is 3. The average Bonchev–Trinajstić information content (AvgIpc) is 3.13. The Labute approximate surface area is 144 Å². The fourth-order valence-corrected chi connectivity index (χ4v) is 5.45. The van der Waals surface area contributed by atoms with Gasteiger partial charge in [-0.1, -0.05) is 19.3 Å². The highest BCUT2D eigenvalue weighted by Gasteiger charge is 2.33. The molecule has 0 aromatic carbocycles. The van der Waals surface area contributed by atoms with Crippen molar-refractivity contribution in [2.45, 2.75) is 51.0 Å². The number of anilines is 2. The maximum atomic E-state index is 4.64. The highest BCUT2D eigenvalue weighted by atomic mass is 32.2. The molecule has 5 heteroatoms. The molecular weight excluding hydrogens is 304 g/mol. The third-order valence-electron chi connectivity index (χ3n) is 5.76. The second-order valence-corrected chi connectivity index (χ2v) is 8.36. The molecule has 126 valence electrons. The molecule has 2 aliphatic heterocycles. The van der Waals surface area contributed by atoms with Crippen LogP contribution in [0, 0.1) is 5.92 Å². The Kier molecular flexibility index (Phi) is 4.93. The largest absolute Gasteiger partial charge is 0.355 e. The lowest BCUT2D eigenvalue weighted by Gasteiger charge is -2.35. The number of hydrogen-bond donors (Lipinski definition) is 0. The van der Waals surface area contributed by atoms with E-state index in [-0.39, 0.29) is 0 Å². The first-order valence-electron chi connectivity index (χ1n) is 9.33. The molecule has 1 aromatic heterocycles. The van der Waals surface area contributed by atoms with Gasteiger partial charge in [-0.3, -0.25) is 0 Å². The van der Waals surface area contributed by atoms with E-state index in [1.807, 2.05) is 11.8 Å². The van der Waals surface area contributed by atoms with Gasteiger partial charge < -0.3 is 9.80 Å². The lowest BCUT2D eigenvalue weighted by molar-refractivity contribution is 0.304. The monoisotopic (exact) mass is 332 g/mol. The van der Waals surface area contributed by atoms with E-state index in [9.17, 15) is 0 Å². The Hall–Kier alpha value is -0.970. The van der Waals surface area contributed by atoms with Crippen LogP contribution in [-0.4, -0.2) is 47.1 Å². The Bertz CT molecular complexity index is 511. The quantitative estimate of drug-likeness (QED) is 0.845. The molecular formula is C18H28N4S. The van der Waals surface area contributed by atoms with Crippen LogP contribution in [-0.2, 0) is 0 Å². The highest BCUT2D eigenvalue weighted by molar-refractivity contribution is 7.99. The Morgan fingerprint density at radius 1 is 0.870 bits per heavy atom. The van der Waals surface area contributed by atoms with E-state index in [4.69, 9.17) is 0 Å². The molecule has 3 heterocycles. The van der Waals surface area contributed by atoms with Crippen LogP contribution in [0.5, 0.6) is 0 Å². The van der Waals surface area contributed by atoms with Gasteiger partial charge in [0.25, 0.3) is 0 Å². The molecule has 23 heavy (non-hydrogen) atoms. The summed E-state index contributed by atoms with van der Waals surface area (Å²) in [7, 11) is 0. The van der Waals surface area contributed by atoms with Gasteiger partial charge in [0.05, 0.1) is 0 Å². The number of aromatic nitrogens is 2. The maximum absolute atomic E-state index is 4.64. The Balaban J connectivity index is 1.51. The summed E-state index contributed by atoms with van der Waals surface area (Å²) in [6.07, 6.45) is 11.6. The molecule has 1 unspecified atom stereocenters. The van der Waals surface area contributed by atoms with Crippen LogP contribution in [0.1, 0.15) is 44.9 Å². The van der Waals surface area contributed by atoms with E-state index in [1.54, 1.807) is 6.33 Å². The predicted octanol–water partition coefficient (Wildman–Crippen LogP) is 3.58. The van der Waals surface area contributed by atoms with Crippen LogP contribution in [0.15, 0.2) is 12.4 Å². The highest BCUT2D eigenvalue weighted by Crippen LogP contribution is 2.36. The van der Waals surface area contributed by atoms with Gasteiger partial charge in [-0.25, -0.2) is 9.97 Å². The number of thioether (sulfide) groups is 1. The summed E-state index contributed by atoms with van der Waals surface area (Å²) in [4.78, 5) is 14.2. The second kappa shape index (κ2) is 7.29. The standard InChI is InChI=1S/C18H28N4S/c1-2-5-15(6-3-1)16-7-4-8-22(16)18-13-17(19-14-20-18)21-9-11-23-12-10-21/h13-16H,1-12H2. The molecule has 3 aliphatic rings. The van der Waals surface area contributed by atoms with Crippen LogP contribution in [0.25, 0.3) is 0 Å². The molecule has 2 saturated heterocycles. The lowest BCUT2D eigenvalue weighted by atomic mass is 9.83. The zero-order valence-corrected chi connectivity index (χ0v) is 14.8. The van der Waals surface area contributed by atoms with Gasteiger partial charge >= 0.3 is 0 Å². The van der Waals surface area contributed by atoms with Gasteiger partial charge in [0, 0.05) is 43.2 Å². The summed E-state index contributed by atoms with van der Waals surface area (Å²) in [6, 6.07) is 2.96. The summed E-state index contributed by atoms with van der Waals surface area (Å²) in [6.45, 7) is 3.41. The third-order valence-corrected chi connectivity index (χ3v) is 6.70. The molecule has 1 aliphatic carbocycles. The van der Waals surface area contributed by atoms with Crippen LogP contribution in [0.3, 0.4) is 0 Å². The molecule has 3 fully saturated rings. The van der Waals surface area contributed by atoms with Gasteiger partial charge in [-0.2, -0.15) is 11.8 Å². The normalized spacial score (nSPS) is 26.7. The molecule has 4 rings (SSSR count). The SMILES string of the molecule is c1nc(N2CCSCC2)cc(N2CCCC2C2CCCCC2)n1. The molecule has 0 amide bonds. The van der Waals surface area contributed by atoms with Crippen molar-refractivity contribution in [2.75, 3.05) is 40.9 Å². The number of nitrogens with zero attached hydrogens (tertiary/aromatic N) is 4. The first-order chi connectivity index (χ1) is 11.4. The van der Waals surface area contributed by atoms with E-state index >= 15 is 0 Å². The first kappa shape index (κ1) is 15.6. The maximum Gasteiger partial charge on any atom is 0.134 e. The van der Waals surface area contributed by atoms with E-state index in [1.165, 1.54) is 68.8 Å². The molecule has 1 saturated carbocycles. The average molecular weight is 333 g/mol. The van der Waals surface area contributed by atoms with E-state index in [0.29, 0.717) is 0 Å². The van der Waals surface area contributed by atoms with Crippen molar-refractivity contribution in [3.63, 3.8) is 0 Å². The number of hydrogen-bond acceptors (Lipinski definition) is 5. The topological polar surface area (TPSA) is 32.3 Å². The Morgan fingerprint density at radius 3 is 2.48 bits per heavy atom. The molecule has 0 bridgehead atoms. The zero-order valence-electron chi connectivity index (χ0n) is 14.0. The van der Waals surface area contributed by atoms with Crippen molar-refractivity contribution >= 4 is 23.4 Å². The van der Waals surface area contributed by atoms with E-state index in [2.05, 4.69) is 25.8 Å². The van der Waals surface area contributed by atoms with Gasteiger partial charge in [-0.15, -0.1) is 0 Å². The lowest BCUT2D eigenvalue weighted by Crippen LogP contribution is -2.38. The summed E-state index contributed by atoms with van der Waals surface area (Å²) in [5.41, 5.74) is 0. The minimum absolute atomic E-state index is 0.718. The van der Waals surface area contributed by atoms with Crippen molar-refractivity contribution in [2.24, 2.45) is 5.92 Å². The van der Waals surface area contributed by atoms with Crippen molar-refractivity contribution in [3.05, 3.63) is 12.4 Å².